The summed E-state index contributed by atoms with van der Waals surface area (Å²) in [6, 6.07) is 9.79. The van der Waals surface area contributed by atoms with Crippen LogP contribution < -0.4 is 5.73 Å². The fourth-order valence-electron chi connectivity index (χ4n) is 1.15. The molecule has 0 radical (unpaired) electrons. The number of hydrogen-bond acceptors (Lipinski definition) is 5. The minimum atomic E-state index is 0. The van der Waals surface area contributed by atoms with Crippen LogP contribution in [0.15, 0.2) is 35.5 Å². The largest absolute Gasteiger partial charge is 0.330 e. The molecule has 0 saturated carbocycles. The van der Waals surface area contributed by atoms with Gasteiger partial charge in [-0.05, 0) is 22.6 Å². The average molecular weight is 302 g/mol. The van der Waals surface area contributed by atoms with E-state index in [0.29, 0.717) is 6.54 Å². The third-order valence-electron chi connectivity index (χ3n) is 1.79. The molecule has 2 N–H and O–H groups in total. The first kappa shape index (κ1) is 13.1. The zero-order valence-electron chi connectivity index (χ0n) is 8.48. The number of thioether (sulfide) groups is 1. The quantitative estimate of drug-likeness (QED) is 0.862. The summed E-state index contributed by atoms with van der Waals surface area (Å²) in [5.41, 5.74) is 6.40. The molecule has 0 aliphatic heterocycles. The van der Waals surface area contributed by atoms with Crippen LogP contribution >= 0.6 is 28.7 Å². The molecule has 0 bridgehead atoms. The van der Waals surface area contributed by atoms with E-state index in [0.717, 1.165) is 16.6 Å². The Labute approximate surface area is 108 Å². The van der Waals surface area contributed by atoms with E-state index in [4.69, 9.17) is 5.73 Å². The molecule has 1 aromatic heterocycles. The van der Waals surface area contributed by atoms with Gasteiger partial charge in [-0.2, -0.15) is 4.68 Å². The second-order valence-corrected chi connectivity index (χ2v) is 3.91. The molecule has 16 heavy (non-hydrogen) atoms. The number of para-hydroxylation sites is 1. The zero-order valence-corrected chi connectivity index (χ0v) is 11.0. The highest BCUT2D eigenvalue weighted by Gasteiger charge is 2.07. The zero-order chi connectivity index (χ0) is 10.5. The standard InChI is InChI=1S/C9H11N5S.BrH/c10-6-7-15-9-11-12-13-14(9)8-4-2-1-3-5-8;/h1-5H,6-7,10H2;1H. The van der Waals surface area contributed by atoms with Gasteiger partial charge in [-0.25, -0.2) is 0 Å². The lowest BCUT2D eigenvalue weighted by molar-refractivity contribution is 0.756. The van der Waals surface area contributed by atoms with Gasteiger partial charge in [0, 0.05) is 12.3 Å². The van der Waals surface area contributed by atoms with E-state index in [2.05, 4.69) is 15.5 Å². The molecule has 0 amide bonds. The Bertz CT molecular complexity index is 419. The maximum atomic E-state index is 5.44. The molecule has 5 nitrogen and oxygen atoms in total. The molecule has 1 heterocycles. The number of benzene rings is 1. The van der Waals surface area contributed by atoms with Crippen LogP contribution in [-0.4, -0.2) is 32.5 Å². The summed E-state index contributed by atoms with van der Waals surface area (Å²) in [4.78, 5) is 0. The highest BCUT2D eigenvalue weighted by molar-refractivity contribution is 8.93. The van der Waals surface area contributed by atoms with Crippen LogP contribution in [0.25, 0.3) is 5.69 Å². The first-order valence-electron chi connectivity index (χ1n) is 4.58. The number of nitrogens with two attached hydrogens (primary N) is 1. The van der Waals surface area contributed by atoms with Crippen LogP contribution in [0, 0.1) is 0 Å². The van der Waals surface area contributed by atoms with E-state index in [1.807, 2.05) is 30.3 Å². The molecule has 2 aromatic rings. The predicted octanol–water partition coefficient (Wildman–Crippen LogP) is 1.29. The number of nitrogens with zero attached hydrogens (tertiary/aromatic N) is 4. The van der Waals surface area contributed by atoms with Gasteiger partial charge in [-0.3, -0.25) is 0 Å². The van der Waals surface area contributed by atoms with E-state index in [9.17, 15) is 0 Å². The normalized spacial score (nSPS) is 9.81. The van der Waals surface area contributed by atoms with Crippen molar-refractivity contribution in [1.82, 2.24) is 20.2 Å². The van der Waals surface area contributed by atoms with Crippen molar-refractivity contribution in [2.45, 2.75) is 5.16 Å². The summed E-state index contributed by atoms with van der Waals surface area (Å²) >= 11 is 1.55. The highest BCUT2D eigenvalue weighted by Crippen LogP contribution is 2.16. The summed E-state index contributed by atoms with van der Waals surface area (Å²) in [7, 11) is 0. The third-order valence-corrected chi connectivity index (χ3v) is 2.74. The van der Waals surface area contributed by atoms with Gasteiger partial charge in [-0.15, -0.1) is 22.1 Å². The maximum Gasteiger partial charge on any atom is 0.214 e. The van der Waals surface area contributed by atoms with Crippen molar-refractivity contribution in [1.29, 1.82) is 0 Å². The molecular weight excluding hydrogens is 290 g/mol. The lowest BCUT2D eigenvalue weighted by Crippen LogP contribution is -2.04. The Balaban J connectivity index is 0.00000128. The van der Waals surface area contributed by atoms with Crippen molar-refractivity contribution in [3.63, 3.8) is 0 Å². The van der Waals surface area contributed by atoms with Crippen LogP contribution in [-0.2, 0) is 0 Å². The predicted molar refractivity (Wildman–Crippen MR) is 69.3 cm³/mol. The fraction of sp³-hybridized carbons (Fsp3) is 0.222. The first-order valence-corrected chi connectivity index (χ1v) is 5.57. The summed E-state index contributed by atoms with van der Waals surface area (Å²) in [5.74, 6) is 0.813. The van der Waals surface area contributed by atoms with Crippen LogP contribution in [0.2, 0.25) is 0 Å². The molecule has 0 spiro atoms. The Morgan fingerprint density at radius 2 is 2.00 bits per heavy atom. The van der Waals surface area contributed by atoms with Gasteiger partial charge in [0.05, 0.1) is 5.69 Å². The molecule has 0 saturated heterocycles. The summed E-state index contributed by atoms with van der Waals surface area (Å²) in [6.45, 7) is 0.617. The number of tetrazole rings is 1. The lowest BCUT2D eigenvalue weighted by Gasteiger charge is -2.02. The van der Waals surface area contributed by atoms with Gasteiger partial charge in [-0.1, -0.05) is 30.0 Å². The topological polar surface area (TPSA) is 69.6 Å². The third kappa shape index (κ3) is 3.03. The highest BCUT2D eigenvalue weighted by atomic mass is 79.9. The molecule has 0 fully saturated rings. The molecule has 86 valence electrons. The molecule has 0 aliphatic carbocycles. The second kappa shape index (κ2) is 6.62. The SMILES string of the molecule is Br.NCCSc1nnnn1-c1ccccc1. The van der Waals surface area contributed by atoms with Gasteiger partial charge in [0.2, 0.25) is 5.16 Å². The van der Waals surface area contributed by atoms with Crippen molar-refractivity contribution in [2.24, 2.45) is 5.73 Å². The Morgan fingerprint density at radius 1 is 1.25 bits per heavy atom. The van der Waals surface area contributed by atoms with Gasteiger partial charge < -0.3 is 5.73 Å². The van der Waals surface area contributed by atoms with Crippen LogP contribution in [0.1, 0.15) is 0 Å². The molecule has 1 aromatic carbocycles. The number of aromatic nitrogens is 4. The molecular formula is C9H12BrN5S. The molecule has 2 rings (SSSR count). The van der Waals surface area contributed by atoms with Gasteiger partial charge in [0.15, 0.2) is 0 Å². The first-order chi connectivity index (χ1) is 7.42. The molecule has 0 atom stereocenters. The van der Waals surface area contributed by atoms with Crippen LogP contribution in [0.3, 0.4) is 0 Å². The summed E-state index contributed by atoms with van der Waals surface area (Å²) in [6.07, 6.45) is 0. The number of halogens is 1. The molecule has 7 heteroatoms. The number of hydrogen-bond donors (Lipinski definition) is 1. The van der Waals surface area contributed by atoms with Crippen molar-refractivity contribution < 1.29 is 0 Å². The van der Waals surface area contributed by atoms with Crippen LogP contribution in [0.5, 0.6) is 0 Å². The molecule has 0 unspecified atom stereocenters. The van der Waals surface area contributed by atoms with Crippen molar-refractivity contribution in [2.75, 3.05) is 12.3 Å². The average Bonchev–Trinajstić information content (AvgIpc) is 2.75. The van der Waals surface area contributed by atoms with Crippen molar-refractivity contribution in [3.8, 4) is 5.69 Å². The van der Waals surface area contributed by atoms with Crippen molar-refractivity contribution in [3.05, 3.63) is 30.3 Å². The maximum absolute atomic E-state index is 5.44. The monoisotopic (exact) mass is 301 g/mol. The van der Waals surface area contributed by atoms with Gasteiger partial charge in [0.25, 0.3) is 0 Å². The van der Waals surface area contributed by atoms with Gasteiger partial charge in [0.1, 0.15) is 0 Å². The minimum Gasteiger partial charge on any atom is -0.330 e. The second-order valence-electron chi connectivity index (χ2n) is 2.85. The van der Waals surface area contributed by atoms with E-state index in [1.165, 1.54) is 0 Å². The van der Waals surface area contributed by atoms with Crippen molar-refractivity contribution >= 4 is 28.7 Å². The lowest BCUT2D eigenvalue weighted by atomic mass is 10.3. The Hall–Kier alpha value is -0.920. The smallest absolute Gasteiger partial charge is 0.214 e. The van der Waals surface area contributed by atoms with E-state index in [-0.39, 0.29) is 17.0 Å². The Kier molecular flexibility index (Phi) is 5.44. The summed E-state index contributed by atoms with van der Waals surface area (Å²) in [5, 5.41) is 12.3. The van der Waals surface area contributed by atoms with E-state index in [1.54, 1.807) is 16.4 Å². The Morgan fingerprint density at radius 3 is 2.69 bits per heavy atom. The van der Waals surface area contributed by atoms with E-state index >= 15 is 0 Å². The summed E-state index contributed by atoms with van der Waals surface area (Å²) < 4.78 is 1.71. The fourth-order valence-corrected chi connectivity index (χ4v) is 1.81. The molecule has 0 aliphatic rings. The van der Waals surface area contributed by atoms with Gasteiger partial charge >= 0.3 is 0 Å². The van der Waals surface area contributed by atoms with Crippen LogP contribution in [0.4, 0.5) is 0 Å². The minimum absolute atomic E-state index is 0. The number of rotatable bonds is 4. The van der Waals surface area contributed by atoms with E-state index < -0.39 is 0 Å².